The summed E-state index contributed by atoms with van der Waals surface area (Å²) in [7, 11) is 0. The fraction of sp³-hybridized carbons (Fsp3) is 0.500. The van der Waals surface area contributed by atoms with Crippen LogP contribution in [0.2, 0.25) is 5.02 Å². The first kappa shape index (κ1) is 10.9. The van der Waals surface area contributed by atoms with Crippen LogP contribution >= 0.6 is 11.6 Å². The molecule has 0 atom stereocenters. The second-order valence-electron chi connectivity index (χ2n) is 3.98. The number of hydrogen-bond acceptors (Lipinski definition) is 2. The second kappa shape index (κ2) is 4.97. The Morgan fingerprint density at radius 1 is 1.33 bits per heavy atom. The van der Waals surface area contributed by atoms with Crippen LogP contribution in [0.25, 0.3) is 0 Å². The van der Waals surface area contributed by atoms with E-state index in [1.54, 1.807) is 0 Å². The zero-order chi connectivity index (χ0) is 10.7. The van der Waals surface area contributed by atoms with Crippen LogP contribution in [0.3, 0.4) is 0 Å². The monoisotopic (exact) mass is 225 g/mol. The molecule has 1 aliphatic rings. The Kier molecular flexibility index (Phi) is 3.62. The van der Waals surface area contributed by atoms with Crippen LogP contribution in [-0.2, 0) is 11.3 Å². The minimum Gasteiger partial charge on any atom is -0.379 e. The summed E-state index contributed by atoms with van der Waals surface area (Å²) in [6.45, 7) is 6.71. The smallest absolute Gasteiger partial charge is 0.0594 e. The molecule has 2 rings (SSSR count). The number of aryl methyl sites for hydroxylation is 1. The van der Waals surface area contributed by atoms with Crippen LogP contribution < -0.4 is 0 Å². The van der Waals surface area contributed by atoms with Crippen molar-refractivity contribution in [3.8, 4) is 0 Å². The van der Waals surface area contributed by atoms with Crippen LogP contribution in [-0.4, -0.2) is 31.2 Å². The van der Waals surface area contributed by atoms with Crippen molar-refractivity contribution in [1.29, 1.82) is 0 Å². The Labute approximate surface area is 95.8 Å². The normalized spacial score (nSPS) is 18.0. The predicted octanol–water partition coefficient (Wildman–Crippen LogP) is 2.48. The molecule has 3 heteroatoms. The van der Waals surface area contributed by atoms with Gasteiger partial charge < -0.3 is 4.74 Å². The van der Waals surface area contributed by atoms with Crippen molar-refractivity contribution in [3.05, 3.63) is 34.3 Å². The lowest BCUT2D eigenvalue weighted by Crippen LogP contribution is -2.35. The van der Waals surface area contributed by atoms with Crippen LogP contribution in [0.1, 0.15) is 11.1 Å². The Balaban J connectivity index is 2.05. The fourth-order valence-electron chi connectivity index (χ4n) is 1.82. The van der Waals surface area contributed by atoms with Gasteiger partial charge in [0.1, 0.15) is 0 Å². The van der Waals surface area contributed by atoms with Gasteiger partial charge in [0.15, 0.2) is 0 Å². The summed E-state index contributed by atoms with van der Waals surface area (Å²) in [5.74, 6) is 0. The van der Waals surface area contributed by atoms with Gasteiger partial charge in [-0.1, -0.05) is 29.3 Å². The number of ether oxygens (including phenoxy) is 1. The van der Waals surface area contributed by atoms with Gasteiger partial charge in [-0.25, -0.2) is 0 Å². The average molecular weight is 226 g/mol. The standard InChI is InChI=1S/C12H16ClNO/c1-10-2-3-12(13)11(8-10)9-14-4-6-15-7-5-14/h2-3,8H,4-7,9H2,1H3. The van der Waals surface area contributed by atoms with E-state index < -0.39 is 0 Å². The third kappa shape index (κ3) is 2.94. The first-order valence-electron chi connectivity index (χ1n) is 5.31. The molecule has 15 heavy (non-hydrogen) atoms. The molecule has 1 saturated heterocycles. The number of benzene rings is 1. The van der Waals surface area contributed by atoms with Gasteiger partial charge >= 0.3 is 0 Å². The van der Waals surface area contributed by atoms with Gasteiger partial charge in [0.2, 0.25) is 0 Å². The zero-order valence-electron chi connectivity index (χ0n) is 9.00. The molecular formula is C12H16ClNO. The van der Waals surface area contributed by atoms with Gasteiger partial charge in [0, 0.05) is 24.7 Å². The van der Waals surface area contributed by atoms with Crippen molar-refractivity contribution >= 4 is 11.6 Å². The third-order valence-electron chi connectivity index (χ3n) is 2.70. The van der Waals surface area contributed by atoms with Crippen LogP contribution in [0, 0.1) is 6.92 Å². The molecule has 0 aliphatic carbocycles. The maximum absolute atomic E-state index is 6.16. The first-order valence-corrected chi connectivity index (χ1v) is 5.68. The van der Waals surface area contributed by atoms with E-state index in [0.717, 1.165) is 37.9 Å². The van der Waals surface area contributed by atoms with Gasteiger partial charge in [-0.15, -0.1) is 0 Å². The van der Waals surface area contributed by atoms with Crippen molar-refractivity contribution in [2.45, 2.75) is 13.5 Å². The van der Waals surface area contributed by atoms with E-state index >= 15 is 0 Å². The molecule has 0 radical (unpaired) electrons. The lowest BCUT2D eigenvalue weighted by atomic mass is 10.1. The van der Waals surface area contributed by atoms with Crippen LogP contribution in [0.4, 0.5) is 0 Å². The number of hydrogen-bond donors (Lipinski definition) is 0. The highest BCUT2D eigenvalue weighted by Gasteiger charge is 2.12. The van der Waals surface area contributed by atoms with Crippen molar-refractivity contribution in [2.24, 2.45) is 0 Å². The molecule has 1 fully saturated rings. The molecule has 2 nitrogen and oxygen atoms in total. The van der Waals surface area contributed by atoms with Crippen LogP contribution in [0.5, 0.6) is 0 Å². The first-order chi connectivity index (χ1) is 7.25. The molecule has 1 aliphatic heterocycles. The van der Waals surface area contributed by atoms with E-state index in [1.165, 1.54) is 11.1 Å². The van der Waals surface area contributed by atoms with E-state index in [4.69, 9.17) is 16.3 Å². The second-order valence-corrected chi connectivity index (χ2v) is 4.39. The van der Waals surface area contributed by atoms with Gasteiger partial charge in [0.05, 0.1) is 13.2 Å². The van der Waals surface area contributed by atoms with Crippen molar-refractivity contribution in [3.63, 3.8) is 0 Å². The zero-order valence-corrected chi connectivity index (χ0v) is 9.76. The molecule has 82 valence electrons. The quantitative estimate of drug-likeness (QED) is 0.767. The maximum atomic E-state index is 6.16. The molecule has 1 aromatic rings. The number of morpholine rings is 1. The minimum atomic E-state index is 0.837. The van der Waals surface area contributed by atoms with Gasteiger partial charge in [-0.3, -0.25) is 4.90 Å². The molecule has 0 aromatic heterocycles. The van der Waals surface area contributed by atoms with E-state index in [-0.39, 0.29) is 0 Å². The third-order valence-corrected chi connectivity index (χ3v) is 3.07. The number of halogens is 1. The number of nitrogens with zero attached hydrogens (tertiary/aromatic N) is 1. The number of rotatable bonds is 2. The largest absolute Gasteiger partial charge is 0.379 e. The van der Waals surface area contributed by atoms with Crippen LogP contribution in [0.15, 0.2) is 18.2 Å². The highest BCUT2D eigenvalue weighted by molar-refractivity contribution is 6.31. The molecule has 0 unspecified atom stereocenters. The molecule has 0 bridgehead atoms. The van der Waals surface area contributed by atoms with Crippen molar-refractivity contribution < 1.29 is 4.74 Å². The predicted molar refractivity (Wildman–Crippen MR) is 62.3 cm³/mol. The molecule has 0 amide bonds. The Morgan fingerprint density at radius 2 is 2.07 bits per heavy atom. The average Bonchev–Trinajstić information content (AvgIpc) is 2.25. The molecule has 1 heterocycles. The summed E-state index contributed by atoms with van der Waals surface area (Å²) in [5.41, 5.74) is 2.49. The van der Waals surface area contributed by atoms with E-state index in [9.17, 15) is 0 Å². The fourth-order valence-corrected chi connectivity index (χ4v) is 2.00. The molecule has 0 spiro atoms. The molecule has 0 saturated carbocycles. The Morgan fingerprint density at radius 3 is 2.80 bits per heavy atom. The topological polar surface area (TPSA) is 12.5 Å². The van der Waals surface area contributed by atoms with E-state index in [0.29, 0.717) is 0 Å². The summed E-state index contributed by atoms with van der Waals surface area (Å²) < 4.78 is 5.32. The maximum Gasteiger partial charge on any atom is 0.0594 e. The molecular weight excluding hydrogens is 210 g/mol. The van der Waals surface area contributed by atoms with Gasteiger partial charge in [-0.2, -0.15) is 0 Å². The summed E-state index contributed by atoms with van der Waals surface area (Å²) in [5, 5.41) is 0.868. The van der Waals surface area contributed by atoms with E-state index in [2.05, 4.69) is 17.9 Å². The lowest BCUT2D eigenvalue weighted by Gasteiger charge is -2.27. The molecule has 1 aromatic carbocycles. The minimum absolute atomic E-state index is 0.837. The summed E-state index contributed by atoms with van der Waals surface area (Å²) in [6.07, 6.45) is 0. The highest BCUT2D eigenvalue weighted by atomic mass is 35.5. The Hall–Kier alpha value is -0.570. The summed E-state index contributed by atoms with van der Waals surface area (Å²) >= 11 is 6.16. The highest BCUT2D eigenvalue weighted by Crippen LogP contribution is 2.19. The van der Waals surface area contributed by atoms with E-state index in [1.807, 2.05) is 12.1 Å². The lowest BCUT2D eigenvalue weighted by molar-refractivity contribution is 0.0342. The van der Waals surface area contributed by atoms with Gasteiger partial charge in [-0.05, 0) is 18.6 Å². The van der Waals surface area contributed by atoms with Gasteiger partial charge in [0.25, 0.3) is 0 Å². The van der Waals surface area contributed by atoms with Crippen molar-refractivity contribution in [2.75, 3.05) is 26.3 Å². The summed E-state index contributed by atoms with van der Waals surface area (Å²) in [6, 6.07) is 6.19. The SMILES string of the molecule is Cc1ccc(Cl)c(CN2CCOCC2)c1. The Bertz CT molecular complexity index is 334. The van der Waals surface area contributed by atoms with Crippen molar-refractivity contribution in [1.82, 2.24) is 4.90 Å². The molecule has 0 N–H and O–H groups in total. The summed E-state index contributed by atoms with van der Waals surface area (Å²) in [4.78, 5) is 2.38.